The van der Waals surface area contributed by atoms with Gasteiger partial charge in [-0.1, -0.05) is 36.4 Å². The summed E-state index contributed by atoms with van der Waals surface area (Å²) in [6.45, 7) is 0.518. The first-order valence-electron chi connectivity index (χ1n) is 6.31. The van der Waals surface area contributed by atoms with Gasteiger partial charge in [0.05, 0.1) is 4.47 Å². The van der Waals surface area contributed by atoms with Crippen LogP contribution in [0.5, 0.6) is 11.5 Å². The topological polar surface area (TPSA) is 29.5 Å². The van der Waals surface area contributed by atoms with Crippen LogP contribution in [0, 0.1) is 0 Å². The van der Waals surface area contributed by atoms with Crippen molar-refractivity contribution in [1.82, 2.24) is 0 Å². The molecule has 0 aromatic heterocycles. The number of phenolic OH excluding ortho intramolecular Hbond substituents is 1. The highest BCUT2D eigenvalue weighted by Gasteiger charge is 2.05. The molecule has 100 valence electrons. The van der Waals surface area contributed by atoms with Gasteiger partial charge in [-0.25, -0.2) is 0 Å². The van der Waals surface area contributed by atoms with Crippen LogP contribution in [-0.2, 0) is 6.61 Å². The van der Waals surface area contributed by atoms with Crippen molar-refractivity contribution in [2.75, 3.05) is 0 Å². The molecule has 3 heteroatoms. The fraction of sp³-hybridized carbons (Fsp3) is 0.0588. The zero-order chi connectivity index (χ0) is 13.9. The highest BCUT2D eigenvalue weighted by molar-refractivity contribution is 9.10. The van der Waals surface area contributed by atoms with Crippen molar-refractivity contribution in [3.8, 4) is 11.5 Å². The van der Waals surface area contributed by atoms with E-state index in [4.69, 9.17) is 4.74 Å². The lowest BCUT2D eigenvalue weighted by molar-refractivity contribution is 0.304. The summed E-state index contributed by atoms with van der Waals surface area (Å²) in [6, 6.07) is 19.3. The normalized spacial score (nSPS) is 10.7. The van der Waals surface area contributed by atoms with Crippen molar-refractivity contribution in [3.05, 3.63) is 70.7 Å². The quantitative estimate of drug-likeness (QED) is 0.741. The van der Waals surface area contributed by atoms with Gasteiger partial charge in [-0.05, 0) is 56.5 Å². The van der Waals surface area contributed by atoms with Gasteiger partial charge in [0.25, 0.3) is 0 Å². The first kappa shape index (κ1) is 13.0. The van der Waals surface area contributed by atoms with E-state index in [0.29, 0.717) is 6.61 Å². The number of fused-ring (bicyclic) bond motifs is 1. The molecule has 3 aromatic rings. The van der Waals surface area contributed by atoms with Gasteiger partial charge >= 0.3 is 0 Å². The first-order chi connectivity index (χ1) is 9.72. The lowest BCUT2D eigenvalue weighted by atomic mass is 10.1. The second-order valence-electron chi connectivity index (χ2n) is 4.59. The SMILES string of the molecule is Oc1ccc2cc(Br)c(OCc3ccccc3)cc2c1. The summed E-state index contributed by atoms with van der Waals surface area (Å²) in [5.41, 5.74) is 1.12. The molecule has 0 amide bonds. The number of halogens is 1. The van der Waals surface area contributed by atoms with E-state index in [1.165, 1.54) is 0 Å². The molecule has 0 atom stereocenters. The smallest absolute Gasteiger partial charge is 0.134 e. The van der Waals surface area contributed by atoms with Crippen molar-refractivity contribution in [3.63, 3.8) is 0 Å². The second kappa shape index (κ2) is 5.55. The van der Waals surface area contributed by atoms with E-state index in [1.54, 1.807) is 12.1 Å². The fourth-order valence-corrected chi connectivity index (χ4v) is 2.56. The highest BCUT2D eigenvalue weighted by Crippen LogP contribution is 2.32. The van der Waals surface area contributed by atoms with Crippen molar-refractivity contribution < 1.29 is 9.84 Å². The Labute approximate surface area is 125 Å². The maximum atomic E-state index is 9.55. The summed E-state index contributed by atoms with van der Waals surface area (Å²) in [6.07, 6.45) is 0. The summed E-state index contributed by atoms with van der Waals surface area (Å²) in [5, 5.41) is 11.6. The number of ether oxygens (including phenoxy) is 1. The molecule has 0 aliphatic heterocycles. The third-order valence-corrected chi connectivity index (χ3v) is 3.73. The number of rotatable bonds is 3. The molecule has 0 bridgehead atoms. The van der Waals surface area contributed by atoms with Crippen molar-refractivity contribution in [2.45, 2.75) is 6.61 Å². The van der Waals surface area contributed by atoms with Crippen LogP contribution in [0.3, 0.4) is 0 Å². The average molecular weight is 329 g/mol. The van der Waals surface area contributed by atoms with E-state index >= 15 is 0 Å². The Balaban J connectivity index is 1.89. The number of hydrogen-bond acceptors (Lipinski definition) is 2. The van der Waals surface area contributed by atoms with Gasteiger partial charge in [0, 0.05) is 0 Å². The monoisotopic (exact) mass is 328 g/mol. The van der Waals surface area contributed by atoms with E-state index in [0.717, 1.165) is 26.6 Å². The third kappa shape index (κ3) is 2.78. The third-order valence-electron chi connectivity index (χ3n) is 3.11. The maximum Gasteiger partial charge on any atom is 0.134 e. The molecule has 2 nitrogen and oxygen atoms in total. The predicted octanol–water partition coefficient (Wildman–Crippen LogP) is 4.89. The number of benzene rings is 3. The van der Waals surface area contributed by atoms with Gasteiger partial charge in [-0.3, -0.25) is 0 Å². The molecule has 0 spiro atoms. The Bertz CT molecular complexity index is 739. The minimum Gasteiger partial charge on any atom is -0.508 e. The summed E-state index contributed by atoms with van der Waals surface area (Å²) in [4.78, 5) is 0. The molecule has 0 heterocycles. The van der Waals surface area contributed by atoms with Gasteiger partial charge in [-0.2, -0.15) is 0 Å². The molecule has 0 fully saturated rings. The van der Waals surface area contributed by atoms with E-state index in [9.17, 15) is 5.11 Å². The predicted molar refractivity (Wildman–Crippen MR) is 84.1 cm³/mol. The molecule has 3 aromatic carbocycles. The Morgan fingerprint density at radius 2 is 1.70 bits per heavy atom. The fourth-order valence-electron chi connectivity index (χ4n) is 2.08. The maximum absolute atomic E-state index is 9.55. The van der Waals surface area contributed by atoms with Crippen LogP contribution in [0.2, 0.25) is 0 Å². The van der Waals surface area contributed by atoms with Crippen molar-refractivity contribution in [1.29, 1.82) is 0 Å². The number of phenols is 1. The molecular weight excluding hydrogens is 316 g/mol. The molecule has 0 radical (unpaired) electrons. The first-order valence-corrected chi connectivity index (χ1v) is 7.11. The Morgan fingerprint density at radius 3 is 2.50 bits per heavy atom. The molecule has 3 rings (SSSR count). The lowest BCUT2D eigenvalue weighted by Crippen LogP contribution is -1.95. The number of hydrogen-bond donors (Lipinski definition) is 1. The molecule has 0 aliphatic carbocycles. The molecule has 0 unspecified atom stereocenters. The molecule has 1 N–H and O–H groups in total. The van der Waals surface area contributed by atoms with Crippen molar-refractivity contribution >= 4 is 26.7 Å². The van der Waals surface area contributed by atoms with Crippen LogP contribution in [0.15, 0.2) is 65.1 Å². The van der Waals surface area contributed by atoms with Crippen LogP contribution in [0.4, 0.5) is 0 Å². The lowest BCUT2D eigenvalue weighted by Gasteiger charge is -2.10. The zero-order valence-corrected chi connectivity index (χ0v) is 12.3. The van der Waals surface area contributed by atoms with E-state index in [1.807, 2.05) is 48.5 Å². The van der Waals surface area contributed by atoms with Gasteiger partial charge in [0.2, 0.25) is 0 Å². The Morgan fingerprint density at radius 1 is 0.900 bits per heavy atom. The molecular formula is C17H13BrO2. The average Bonchev–Trinajstić information content (AvgIpc) is 2.46. The van der Waals surface area contributed by atoms with Crippen LogP contribution < -0.4 is 4.74 Å². The van der Waals surface area contributed by atoms with Crippen LogP contribution in [-0.4, -0.2) is 5.11 Å². The molecule has 0 aliphatic rings. The van der Waals surface area contributed by atoms with E-state index in [-0.39, 0.29) is 5.75 Å². The van der Waals surface area contributed by atoms with Gasteiger partial charge in [0.15, 0.2) is 0 Å². The zero-order valence-electron chi connectivity index (χ0n) is 10.7. The minimum absolute atomic E-state index is 0.258. The highest BCUT2D eigenvalue weighted by atomic mass is 79.9. The van der Waals surface area contributed by atoms with Crippen LogP contribution in [0.1, 0.15) is 5.56 Å². The Hall–Kier alpha value is -2.00. The summed E-state index contributed by atoms with van der Waals surface area (Å²) >= 11 is 3.52. The van der Waals surface area contributed by atoms with Gasteiger partial charge in [0.1, 0.15) is 18.1 Å². The van der Waals surface area contributed by atoms with Crippen LogP contribution in [0.25, 0.3) is 10.8 Å². The Kier molecular flexibility index (Phi) is 3.61. The van der Waals surface area contributed by atoms with E-state index in [2.05, 4.69) is 15.9 Å². The summed E-state index contributed by atoms with van der Waals surface area (Å²) in [5.74, 6) is 1.03. The minimum atomic E-state index is 0.258. The molecule has 0 saturated heterocycles. The summed E-state index contributed by atoms with van der Waals surface area (Å²) < 4.78 is 6.75. The van der Waals surface area contributed by atoms with Gasteiger partial charge in [-0.15, -0.1) is 0 Å². The summed E-state index contributed by atoms with van der Waals surface area (Å²) in [7, 11) is 0. The number of aromatic hydroxyl groups is 1. The largest absolute Gasteiger partial charge is 0.508 e. The molecule has 0 saturated carbocycles. The molecule has 20 heavy (non-hydrogen) atoms. The van der Waals surface area contributed by atoms with Crippen LogP contribution >= 0.6 is 15.9 Å². The second-order valence-corrected chi connectivity index (χ2v) is 5.44. The standard InChI is InChI=1S/C17H13BrO2/c18-16-9-13-6-7-15(19)8-14(13)10-17(16)20-11-12-4-2-1-3-5-12/h1-10,19H,11H2. The van der Waals surface area contributed by atoms with E-state index < -0.39 is 0 Å². The van der Waals surface area contributed by atoms with Crippen molar-refractivity contribution in [2.24, 2.45) is 0 Å². The van der Waals surface area contributed by atoms with Gasteiger partial charge < -0.3 is 9.84 Å².